The van der Waals surface area contributed by atoms with Crippen LogP contribution < -0.4 is 5.56 Å². The second-order valence-corrected chi connectivity index (χ2v) is 4.68. The maximum Gasteiger partial charge on any atom is 0.269 e. The molecule has 1 aromatic heterocycles. The summed E-state index contributed by atoms with van der Waals surface area (Å²) in [6.45, 7) is 0. The van der Waals surface area contributed by atoms with E-state index >= 15 is 0 Å². The Morgan fingerprint density at radius 2 is 1.94 bits per heavy atom. The molecular formula is C10H6Br2N2O2. The van der Waals surface area contributed by atoms with E-state index in [1.54, 1.807) is 6.07 Å². The average Bonchev–Trinajstić information content (AvgIpc) is 2.26. The lowest BCUT2D eigenvalue weighted by Crippen LogP contribution is -2.09. The largest absolute Gasteiger partial charge is 0.492 e. The molecule has 0 amide bonds. The summed E-state index contributed by atoms with van der Waals surface area (Å²) < 4.78 is 0.822. The predicted octanol–water partition coefficient (Wildman–Crippen LogP) is 2.67. The molecule has 16 heavy (non-hydrogen) atoms. The molecule has 0 aliphatic carbocycles. The van der Waals surface area contributed by atoms with Crippen molar-refractivity contribution in [1.29, 1.82) is 0 Å². The van der Waals surface area contributed by atoms with Crippen LogP contribution in [-0.4, -0.2) is 15.1 Å². The summed E-state index contributed by atoms with van der Waals surface area (Å²) in [5.41, 5.74) is 0.292. The number of aromatic nitrogens is 2. The number of rotatable bonds is 1. The second-order valence-electron chi connectivity index (χ2n) is 3.03. The van der Waals surface area contributed by atoms with Crippen molar-refractivity contribution < 1.29 is 5.11 Å². The van der Waals surface area contributed by atoms with Gasteiger partial charge in [-0.25, -0.2) is 0 Å². The molecule has 0 bridgehead atoms. The van der Waals surface area contributed by atoms with E-state index in [0.29, 0.717) is 11.4 Å². The topological polar surface area (TPSA) is 66.0 Å². The highest BCUT2D eigenvalue weighted by Gasteiger charge is 2.10. The lowest BCUT2D eigenvalue weighted by molar-refractivity contribution is 0.448. The number of nitrogens with zero attached hydrogens (tertiary/aromatic N) is 1. The van der Waals surface area contributed by atoms with Gasteiger partial charge in [-0.3, -0.25) is 4.79 Å². The molecule has 1 aromatic carbocycles. The molecule has 2 rings (SSSR count). The SMILES string of the molecule is O=c1[nH]c(-c2ccccc2Br)nc(O)c1Br. The smallest absolute Gasteiger partial charge is 0.269 e. The van der Waals surface area contributed by atoms with Crippen molar-refractivity contribution in [3.8, 4) is 17.3 Å². The highest BCUT2D eigenvalue weighted by molar-refractivity contribution is 9.10. The summed E-state index contributed by atoms with van der Waals surface area (Å²) in [5.74, 6) is -0.00678. The summed E-state index contributed by atoms with van der Waals surface area (Å²) in [4.78, 5) is 17.9. The molecule has 0 saturated heterocycles. The van der Waals surface area contributed by atoms with Crippen molar-refractivity contribution in [2.75, 3.05) is 0 Å². The monoisotopic (exact) mass is 344 g/mol. The van der Waals surface area contributed by atoms with Crippen molar-refractivity contribution in [2.24, 2.45) is 0 Å². The fourth-order valence-electron chi connectivity index (χ4n) is 1.23. The van der Waals surface area contributed by atoms with Gasteiger partial charge in [-0.05, 0) is 22.0 Å². The van der Waals surface area contributed by atoms with E-state index in [1.807, 2.05) is 18.2 Å². The van der Waals surface area contributed by atoms with E-state index in [0.717, 1.165) is 4.47 Å². The third kappa shape index (κ3) is 2.03. The standard InChI is InChI=1S/C10H6Br2N2O2/c11-6-4-2-1-3-5(6)8-13-9(15)7(12)10(16)14-8/h1-4H,(H2,13,14,15,16). The first-order valence-corrected chi connectivity index (χ1v) is 5.92. The van der Waals surface area contributed by atoms with Crippen LogP contribution in [0.15, 0.2) is 38.0 Å². The summed E-state index contributed by atoms with van der Waals surface area (Å²) in [5, 5.41) is 9.44. The minimum atomic E-state index is -0.418. The Kier molecular flexibility index (Phi) is 3.11. The third-order valence-corrected chi connectivity index (χ3v) is 3.38. The first-order chi connectivity index (χ1) is 7.59. The van der Waals surface area contributed by atoms with Crippen LogP contribution in [0.25, 0.3) is 11.4 Å². The molecule has 0 radical (unpaired) electrons. The first kappa shape index (κ1) is 11.3. The number of hydrogen-bond donors (Lipinski definition) is 2. The minimum Gasteiger partial charge on any atom is -0.492 e. The number of benzene rings is 1. The van der Waals surface area contributed by atoms with Crippen molar-refractivity contribution in [1.82, 2.24) is 9.97 Å². The number of H-pyrrole nitrogens is 1. The van der Waals surface area contributed by atoms with Gasteiger partial charge in [0.2, 0.25) is 5.88 Å². The number of nitrogens with one attached hydrogen (secondary N) is 1. The average molecular weight is 346 g/mol. The van der Waals surface area contributed by atoms with Crippen LogP contribution >= 0.6 is 31.9 Å². The Morgan fingerprint density at radius 1 is 1.25 bits per heavy atom. The van der Waals surface area contributed by atoms with Crippen LogP contribution in [0.1, 0.15) is 0 Å². The maximum absolute atomic E-state index is 11.4. The number of halogens is 2. The van der Waals surface area contributed by atoms with Crippen molar-refractivity contribution in [2.45, 2.75) is 0 Å². The zero-order chi connectivity index (χ0) is 11.7. The Morgan fingerprint density at radius 3 is 2.56 bits per heavy atom. The van der Waals surface area contributed by atoms with E-state index in [2.05, 4.69) is 41.8 Å². The van der Waals surface area contributed by atoms with Gasteiger partial charge in [-0.2, -0.15) is 4.98 Å². The van der Waals surface area contributed by atoms with Crippen molar-refractivity contribution in [3.63, 3.8) is 0 Å². The molecular weight excluding hydrogens is 340 g/mol. The third-order valence-electron chi connectivity index (χ3n) is 1.97. The summed E-state index contributed by atoms with van der Waals surface area (Å²) in [6.07, 6.45) is 0. The second kappa shape index (κ2) is 4.39. The quantitative estimate of drug-likeness (QED) is 0.835. The molecule has 0 spiro atoms. The van der Waals surface area contributed by atoms with E-state index in [1.165, 1.54) is 0 Å². The molecule has 0 unspecified atom stereocenters. The number of aromatic amines is 1. The van der Waals surface area contributed by atoms with Gasteiger partial charge in [0.1, 0.15) is 10.3 Å². The van der Waals surface area contributed by atoms with E-state index in [-0.39, 0.29) is 10.4 Å². The first-order valence-electron chi connectivity index (χ1n) is 4.33. The van der Waals surface area contributed by atoms with Gasteiger partial charge < -0.3 is 10.1 Å². The Balaban J connectivity index is 2.67. The van der Waals surface area contributed by atoms with Crippen LogP contribution in [0.5, 0.6) is 5.88 Å². The fourth-order valence-corrected chi connectivity index (χ4v) is 1.89. The molecule has 2 N–H and O–H groups in total. The molecule has 0 fully saturated rings. The van der Waals surface area contributed by atoms with Crippen LogP contribution in [-0.2, 0) is 0 Å². The van der Waals surface area contributed by atoms with Crippen LogP contribution in [0.4, 0.5) is 0 Å². The molecule has 1 heterocycles. The lowest BCUT2D eigenvalue weighted by atomic mass is 10.2. The molecule has 2 aromatic rings. The zero-order valence-corrected chi connectivity index (χ0v) is 11.0. The van der Waals surface area contributed by atoms with Crippen molar-refractivity contribution in [3.05, 3.63) is 43.6 Å². The molecule has 0 aliphatic heterocycles. The van der Waals surface area contributed by atoms with Crippen LogP contribution in [0.3, 0.4) is 0 Å². The molecule has 0 aliphatic rings. The van der Waals surface area contributed by atoms with Gasteiger partial charge >= 0.3 is 0 Å². The normalized spacial score (nSPS) is 10.4. The summed E-state index contributed by atoms with van der Waals surface area (Å²) >= 11 is 6.28. The van der Waals surface area contributed by atoms with Crippen molar-refractivity contribution >= 4 is 31.9 Å². The lowest BCUT2D eigenvalue weighted by Gasteiger charge is -2.04. The van der Waals surface area contributed by atoms with Gasteiger partial charge in [0, 0.05) is 10.0 Å². The molecule has 4 nitrogen and oxygen atoms in total. The van der Waals surface area contributed by atoms with Gasteiger partial charge in [-0.15, -0.1) is 0 Å². The highest BCUT2D eigenvalue weighted by atomic mass is 79.9. The van der Waals surface area contributed by atoms with Crippen LogP contribution in [0, 0.1) is 0 Å². The highest BCUT2D eigenvalue weighted by Crippen LogP contribution is 2.26. The van der Waals surface area contributed by atoms with E-state index < -0.39 is 5.56 Å². The summed E-state index contributed by atoms with van der Waals surface area (Å²) in [6, 6.07) is 7.29. The van der Waals surface area contributed by atoms with Gasteiger partial charge in [0.15, 0.2) is 0 Å². The maximum atomic E-state index is 11.4. The van der Waals surface area contributed by atoms with Gasteiger partial charge in [-0.1, -0.05) is 34.1 Å². The molecule has 6 heteroatoms. The Bertz CT molecular complexity index is 596. The molecule has 82 valence electrons. The Labute approximate surface area is 108 Å². The predicted molar refractivity (Wildman–Crippen MR) is 67.4 cm³/mol. The van der Waals surface area contributed by atoms with Gasteiger partial charge in [0.05, 0.1) is 0 Å². The molecule has 0 saturated carbocycles. The fraction of sp³-hybridized carbons (Fsp3) is 0. The van der Waals surface area contributed by atoms with Gasteiger partial charge in [0.25, 0.3) is 5.56 Å². The summed E-state index contributed by atoms with van der Waals surface area (Å²) in [7, 11) is 0. The Hall–Kier alpha value is -1.14. The molecule has 0 atom stereocenters. The minimum absolute atomic E-state index is 0.0308. The number of aromatic hydroxyl groups is 1. The van der Waals surface area contributed by atoms with E-state index in [4.69, 9.17) is 0 Å². The number of hydrogen-bond acceptors (Lipinski definition) is 3. The van der Waals surface area contributed by atoms with E-state index in [9.17, 15) is 9.90 Å². The van der Waals surface area contributed by atoms with Crippen LogP contribution in [0.2, 0.25) is 0 Å². The zero-order valence-electron chi connectivity index (χ0n) is 7.87.